The van der Waals surface area contributed by atoms with Crippen LogP contribution in [0.1, 0.15) is 5.56 Å². The average molecular weight is 318 g/mol. The summed E-state index contributed by atoms with van der Waals surface area (Å²) in [7, 11) is 1.56. The van der Waals surface area contributed by atoms with Gasteiger partial charge in [-0.3, -0.25) is 4.79 Å². The summed E-state index contributed by atoms with van der Waals surface area (Å²) in [5, 5.41) is 9.97. The Balaban J connectivity index is 2.73. The molecule has 0 radical (unpaired) electrons. The maximum absolute atomic E-state index is 12.0. The van der Waals surface area contributed by atoms with Crippen LogP contribution in [0, 0.1) is 0 Å². The van der Waals surface area contributed by atoms with E-state index < -0.39 is 0 Å². The molecular formula is C14H17Cl2NO3. The molecule has 1 aromatic carbocycles. The van der Waals surface area contributed by atoms with Crippen LogP contribution in [0.5, 0.6) is 0 Å². The molecule has 1 amide bonds. The van der Waals surface area contributed by atoms with E-state index in [0.717, 1.165) is 0 Å². The number of amides is 1. The minimum atomic E-state index is -0.206. The van der Waals surface area contributed by atoms with Crippen molar-refractivity contribution in [1.82, 2.24) is 4.90 Å². The summed E-state index contributed by atoms with van der Waals surface area (Å²) in [6.45, 7) is 1.02. The highest BCUT2D eigenvalue weighted by molar-refractivity contribution is 6.35. The molecule has 0 spiro atoms. The highest BCUT2D eigenvalue weighted by Gasteiger charge is 2.09. The topological polar surface area (TPSA) is 49.8 Å². The van der Waals surface area contributed by atoms with Crippen molar-refractivity contribution >= 4 is 35.2 Å². The molecular weight excluding hydrogens is 301 g/mol. The predicted octanol–water partition coefficient (Wildman–Crippen LogP) is 2.47. The van der Waals surface area contributed by atoms with Gasteiger partial charge in [0.1, 0.15) is 0 Å². The smallest absolute Gasteiger partial charge is 0.246 e. The number of aliphatic hydroxyl groups excluding tert-OH is 1. The molecule has 0 saturated heterocycles. The van der Waals surface area contributed by atoms with E-state index in [1.807, 2.05) is 0 Å². The summed E-state index contributed by atoms with van der Waals surface area (Å²) in [6, 6.07) is 5.05. The first-order valence-corrected chi connectivity index (χ1v) is 6.86. The van der Waals surface area contributed by atoms with Crippen LogP contribution < -0.4 is 0 Å². The molecule has 0 bridgehead atoms. The van der Waals surface area contributed by atoms with Crippen LogP contribution in [0.25, 0.3) is 6.08 Å². The van der Waals surface area contributed by atoms with Crippen LogP contribution in [0.15, 0.2) is 24.3 Å². The lowest BCUT2D eigenvalue weighted by Gasteiger charge is -2.19. The van der Waals surface area contributed by atoms with Crippen LogP contribution in [0.2, 0.25) is 10.0 Å². The lowest BCUT2D eigenvalue weighted by molar-refractivity contribution is -0.127. The number of hydrogen-bond donors (Lipinski definition) is 1. The Morgan fingerprint density at radius 2 is 2.15 bits per heavy atom. The summed E-state index contributed by atoms with van der Waals surface area (Å²) < 4.78 is 4.93. The third-order valence-corrected chi connectivity index (χ3v) is 3.18. The summed E-state index contributed by atoms with van der Waals surface area (Å²) in [5.41, 5.74) is 0.708. The highest BCUT2D eigenvalue weighted by Crippen LogP contribution is 2.22. The largest absolute Gasteiger partial charge is 0.395 e. The van der Waals surface area contributed by atoms with Crippen molar-refractivity contribution < 1.29 is 14.6 Å². The van der Waals surface area contributed by atoms with Gasteiger partial charge in [0.25, 0.3) is 0 Å². The molecule has 0 atom stereocenters. The number of methoxy groups -OCH3 is 1. The fraction of sp³-hybridized carbons (Fsp3) is 0.357. The minimum absolute atomic E-state index is 0.0923. The van der Waals surface area contributed by atoms with Crippen LogP contribution in [-0.2, 0) is 9.53 Å². The molecule has 6 heteroatoms. The van der Waals surface area contributed by atoms with Crippen molar-refractivity contribution in [2.75, 3.05) is 33.4 Å². The SMILES string of the molecule is COCCN(CCO)C(=O)/C=C/c1ccc(Cl)cc1Cl. The quantitative estimate of drug-likeness (QED) is 0.786. The van der Waals surface area contributed by atoms with Crippen molar-refractivity contribution in [2.45, 2.75) is 0 Å². The van der Waals surface area contributed by atoms with Gasteiger partial charge >= 0.3 is 0 Å². The number of hydrogen-bond acceptors (Lipinski definition) is 3. The van der Waals surface area contributed by atoms with Crippen molar-refractivity contribution in [3.63, 3.8) is 0 Å². The van der Waals surface area contributed by atoms with Gasteiger partial charge in [-0.15, -0.1) is 0 Å². The number of carbonyl (C=O) groups excluding carboxylic acids is 1. The number of ether oxygens (including phenoxy) is 1. The maximum Gasteiger partial charge on any atom is 0.246 e. The van der Waals surface area contributed by atoms with Crippen LogP contribution in [0.3, 0.4) is 0 Å². The average Bonchev–Trinajstić information content (AvgIpc) is 2.42. The third kappa shape index (κ3) is 5.51. The van der Waals surface area contributed by atoms with Gasteiger partial charge in [-0.1, -0.05) is 29.3 Å². The molecule has 1 N–H and O–H groups in total. The number of carbonyl (C=O) groups is 1. The van der Waals surface area contributed by atoms with Crippen LogP contribution in [-0.4, -0.2) is 49.3 Å². The molecule has 0 unspecified atom stereocenters. The molecule has 0 aromatic heterocycles. The van der Waals surface area contributed by atoms with E-state index in [1.165, 1.54) is 11.0 Å². The van der Waals surface area contributed by atoms with Crippen LogP contribution >= 0.6 is 23.2 Å². The van der Waals surface area contributed by atoms with E-state index in [-0.39, 0.29) is 19.1 Å². The second kappa shape index (κ2) is 8.97. The van der Waals surface area contributed by atoms with Gasteiger partial charge in [-0.2, -0.15) is 0 Å². The Kier molecular flexibility index (Phi) is 7.62. The number of nitrogens with zero attached hydrogens (tertiary/aromatic N) is 1. The van der Waals surface area contributed by atoms with E-state index in [9.17, 15) is 4.79 Å². The zero-order chi connectivity index (χ0) is 15.0. The zero-order valence-corrected chi connectivity index (χ0v) is 12.7. The van der Waals surface area contributed by atoms with Gasteiger partial charge in [0, 0.05) is 36.3 Å². The van der Waals surface area contributed by atoms with E-state index in [4.69, 9.17) is 33.0 Å². The Bertz CT molecular complexity index is 477. The van der Waals surface area contributed by atoms with Crippen molar-refractivity contribution in [1.29, 1.82) is 0 Å². The molecule has 0 aliphatic carbocycles. The summed E-state index contributed by atoms with van der Waals surface area (Å²) >= 11 is 11.8. The highest BCUT2D eigenvalue weighted by atomic mass is 35.5. The number of halogens is 2. The number of rotatable bonds is 7. The molecule has 0 saturated carbocycles. The first-order chi connectivity index (χ1) is 9.58. The predicted molar refractivity (Wildman–Crippen MR) is 81.0 cm³/mol. The van der Waals surface area contributed by atoms with Crippen molar-refractivity contribution in [3.05, 3.63) is 39.9 Å². The zero-order valence-electron chi connectivity index (χ0n) is 11.2. The van der Waals surface area contributed by atoms with Gasteiger partial charge in [0.05, 0.1) is 13.2 Å². The lowest BCUT2D eigenvalue weighted by atomic mass is 10.2. The summed E-state index contributed by atoms with van der Waals surface area (Å²) in [4.78, 5) is 13.5. The lowest BCUT2D eigenvalue weighted by Crippen LogP contribution is -2.34. The van der Waals surface area contributed by atoms with E-state index in [0.29, 0.717) is 28.8 Å². The van der Waals surface area contributed by atoms with E-state index in [1.54, 1.807) is 31.4 Å². The van der Waals surface area contributed by atoms with Gasteiger partial charge in [-0.25, -0.2) is 0 Å². The van der Waals surface area contributed by atoms with Gasteiger partial charge in [0.15, 0.2) is 0 Å². The third-order valence-electron chi connectivity index (χ3n) is 2.61. The first-order valence-electron chi connectivity index (χ1n) is 6.10. The number of benzene rings is 1. The first kappa shape index (κ1) is 17.0. The Hall–Kier alpha value is -1.07. The fourth-order valence-electron chi connectivity index (χ4n) is 1.56. The molecule has 0 fully saturated rings. The monoisotopic (exact) mass is 317 g/mol. The molecule has 4 nitrogen and oxygen atoms in total. The second-order valence-electron chi connectivity index (χ2n) is 4.04. The standard InChI is InChI=1S/C14H17Cl2NO3/c1-20-9-7-17(6-8-18)14(19)5-3-11-2-4-12(15)10-13(11)16/h2-5,10,18H,6-9H2,1H3/b5-3+. The molecule has 0 aliphatic heterocycles. The van der Waals surface area contributed by atoms with Gasteiger partial charge in [0.2, 0.25) is 5.91 Å². The fourth-order valence-corrected chi connectivity index (χ4v) is 2.03. The molecule has 0 aliphatic rings. The number of aliphatic hydroxyl groups is 1. The van der Waals surface area contributed by atoms with Crippen LogP contribution in [0.4, 0.5) is 0 Å². The van der Waals surface area contributed by atoms with Crippen molar-refractivity contribution in [3.8, 4) is 0 Å². The molecule has 20 heavy (non-hydrogen) atoms. The Morgan fingerprint density at radius 3 is 2.75 bits per heavy atom. The summed E-state index contributed by atoms with van der Waals surface area (Å²) in [6.07, 6.45) is 3.04. The maximum atomic E-state index is 12.0. The Morgan fingerprint density at radius 1 is 1.40 bits per heavy atom. The molecule has 110 valence electrons. The normalized spacial score (nSPS) is 11.0. The van der Waals surface area contributed by atoms with Crippen molar-refractivity contribution in [2.24, 2.45) is 0 Å². The summed E-state index contributed by atoms with van der Waals surface area (Å²) in [5.74, 6) is -0.206. The van der Waals surface area contributed by atoms with Gasteiger partial charge < -0.3 is 14.7 Å². The second-order valence-corrected chi connectivity index (χ2v) is 4.88. The molecule has 1 aromatic rings. The Labute approximate surface area is 128 Å². The molecule has 1 rings (SSSR count). The van der Waals surface area contributed by atoms with E-state index in [2.05, 4.69) is 0 Å². The molecule has 0 heterocycles. The minimum Gasteiger partial charge on any atom is -0.395 e. The van der Waals surface area contributed by atoms with E-state index >= 15 is 0 Å². The van der Waals surface area contributed by atoms with Gasteiger partial charge in [-0.05, 0) is 23.8 Å².